The van der Waals surface area contributed by atoms with Crippen molar-refractivity contribution in [1.82, 2.24) is 10.2 Å². The van der Waals surface area contributed by atoms with Gasteiger partial charge in [-0.1, -0.05) is 6.92 Å². The van der Waals surface area contributed by atoms with Crippen LogP contribution in [0.2, 0.25) is 0 Å². The van der Waals surface area contributed by atoms with E-state index in [-0.39, 0.29) is 18.4 Å². The van der Waals surface area contributed by atoms with Gasteiger partial charge in [-0.05, 0) is 31.7 Å². The summed E-state index contributed by atoms with van der Waals surface area (Å²) < 4.78 is 0. The Morgan fingerprint density at radius 2 is 2.11 bits per heavy atom. The molecule has 0 aromatic rings. The predicted octanol–water partition coefficient (Wildman–Crippen LogP) is 1.09. The molecule has 2 N–H and O–H groups in total. The minimum Gasteiger partial charge on any atom is -0.481 e. The van der Waals surface area contributed by atoms with Crippen LogP contribution in [-0.2, 0) is 9.59 Å². The molecule has 1 aliphatic rings. The Morgan fingerprint density at radius 3 is 2.67 bits per heavy atom. The second-order valence-corrected chi connectivity index (χ2v) is 5.19. The molecule has 0 spiro atoms. The van der Waals surface area contributed by atoms with Crippen LogP contribution in [0.1, 0.15) is 39.5 Å². The number of carboxylic acids is 1. The van der Waals surface area contributed by atoms with E-state index in [0.29, 0.717) is 12.3 Å². The second-order valence-electron chi connectivity index (χ2n) is 5.19. The molecule has 2 atom stereocenters. The van der Waals surface area contributed by atoms with Gasteiger partial charge in [-0.15, -0.1) is 0 Å². The Balaban J connectivity index is 2.50. The van der Waals surface area contributed by atoms with E-state index in [0.717, 1.165) is 32.5 Å². The van der Waals surface area contributed by atoms with Crippen LogP contribution in [-0.4, -0.2) is 47.6 Å². The molecule has 0 aromatic heterocycles. The van der Waals surface area contributed by atoms with Crippen molar-refractivity contribution in [3.8, 4) is 0 Å². The molecule has 18 heavy (non-hydrogen) atoms. The number of nitrogens with zero attached hydrogens (tertiary/aromatic N) is 1. The number of hydrogen-bond donors (Lipinski definition) is 2. The summed E-state index contributed by atoms with van der Waals surface area (Å²) in [5.74, 6) is -0.368. The summed E-state index contributed by atoms with van der Waals surface area (Å²) >= 11 is 0. The van der Waals surface area contributed by atoms with Gasteiger partial charge in [-0.25, -0.2) is 0 Å². The van der Waals surface area contributed by atoms with Crippen molar-refractivity contribution in [2.75, 3.05) is 19.6 Å². The Bertz CT molecular complexity index is 294. The molecule has 0 radical (unpaired) electrons. The van der Waals surface area contributed by atoms with Gasteiger partial charge in [0, 0.05) is 32.5 Å². The van der Waals surface area contributed by atoms with Crippen LogP contribution >= 0.6 is 0 Å². The third-order valence-corrected chi connectivity index (χ3v) is 3.33. The Kier molecular flexibility index (Phi) is 6.12. The molecular weight excluding hydrogens is 232 g/mol. The van der Waals surface area contributed by atoms with Gasteiger partial charge in [0.05, 0.1) is 0 Å². The zero-order valence-corrected chi connectivity index (χ0v) is 11.3. The van der Waals surface area contributed by atoms with Crippen LogP contribution in [0.25, 0.3) is 0 Å². The summed E-state index contributed by atoms with van der Waals surface area (Å²) in [4.78, 5) is 24.1. The standard InChI is InChI=1S/C13H24N2O3/c1-3-6-15-8-11(4-5-13(17)18)7-12(9-15)14-10(2)16/h11-12H,3-9H2,1-2H3,(H,14,16)(H,17,18). The average molecular weight is 256 g/mol. The van der Waals surface area contributed by atoms with Gasteiger partial charge in [0.1, 0.15) is 0 Å². The monoisotopic (exact) mass is 256 g/mol. The Labute approximate surface area is 109 Å². The minimum atomic E-state index is -0.737. The normalized spacial score (nSPS) is 24.8. The lowest BCUT2D eigenvalue weighted by molar-refractivity contribution is -0.137. The van der Waals surface area contributed by atoms with Gasteiger partial charge in [-0.3, -0.25) is 9.59 Å². The maximum Gasteiger partial charge on any atom is 0.303 e. The number of likely N-dealkylation sites (tertiary alicyclic amines) is 1. The fourth-order valence-corrected chi connectivity index (χ4v) is 2.73. The van der Waals surface area contributed by atoms with Crippen LogP contribution < -0.4 is 5.32 Å². The first kappa shape index (κ1) is 15.0. The number of carbonyl (C=O) groups excluding carboxylic acids is 1. The van der Waals surface area contributed by atoms with Crippen molar-refractivity contribution in [2.24, 2.45) is 5.92 Å². The Morgan fingerprint density at radius 1 is 1.39 bits per heavy atom. The number of amides is 1. The molecule has 1 heterocycles. The van der Waals surface area contributed by atoms with Crippen LogP contribution in [0, 0.1) is 5.92 Å². The third kappa shape index (κ3) is 5.49. The molecule has 0 saturated carbocycles. The van der Waals surface area contributed by atoms with Crippen molar-refractivity contribution >= 4 is 11.9 Å². The van der Waals surface area contributed by atoms with Gasteiger partial charge < -0.3 is 15.3 Å². The summed E-state index contributed by atoms with van der Waals surface area (Å²) in [5.41, 5.74) is 0. The van der Waals surface area contributed by atoms with Gasteiger partial charge >= 0.3 is 5.97 Å². The van der Waals surface area contributed by atoms with Gasteiger partial charge in [0.25, 0.3) is 0 Å². The SMILES string of the molecule is CCCN1CC(CCC(=O)O)CC(NC(C)=O)C1. The summed E-state index contributed by atoms with van der Waals surface area (Å²) in [6.45, 7) is 6.52. The molecule has 2 unspecified atom stereocenters. The number of carboxylic acid groups (broad SMARTS) is 1. The summed E-state index contributed by atoms with van der Waals surface area (Å²) in [6, 6.07) is 0.168. The van der Waals surface area contributed by atoms with Crippen molar-refractivity contribution in [1.29, 1.82) is 0 Å². The molecular formula is C13H24N2O3. The lowest BCUT2D eigenvalue weighted by atomic mass is 9.90. The highest BCUT2D eigenvalue weighted by Gasteiger charge is 2.27. The lowest BCUT2D eigenvalue weighted by Crippen LogP contribution is -2.50. The third-order valence-electron chi connectivity index (χ3n) is 3.33. The molecule has 5 nitrogen and oxygen atoms in total. The quantitative estimate of drug-likeness (QED) is 0.746. The number of rotatable bonds is 6. The van der Waals surface area contributed by atoms with Crippen molar-refractivity contribution < 1.29 is 14.7 Å². The summed E-state index contributed by atoms with van der Waals surface area (Å²) in [6.07, 6.45) is 2.90. The first-order valence-electron chi connectivity index (χ1n) is 6.72. The minimum absolute atomic E-state index is 0.00432. The van der Waals surface area contributed by atoms with Crippen molar-refractivity contribution in [2.45, 2.75) is 45.6 Å². The van der Waals surface area contributed by atoms with E-state index in [1.165, 1.54) is 6.92 Å². The maximum atomic E-state index is 11.1. The fraction of sp³-hybridized carbons (Fsp3) is 0.846. The van der Waals surface area contributed by atoms with Gasteiger partial charge in [0.2, 0.25) is 5.91 Å². The van der Waals surface area contributed by atoms with E-state index in [2.05, 4.69) is 17.1 Å². The van der Waals surface area contributed by atoms with Crippen LogP contribution in [0.15, 0.2) is 0 Å². The fourth-order valence-electron chi connectivity index (χ4n) is 2.73. The van der Waals surface area contributed by atoms with E-state index in [4.69, 9.17) is 5.11 Å². The van der Waals surface area contributed by atoms with Crippen LogP contribution in [0.3, 0.4) is 0 Å². The molecule has 1 rings (SSSR count). The highest BCUT2D eigenvalue weighted by atomic mass is 16.4. The Hall–Kier alpha value is -1.10. The second kappa shape index (κ2) is 7.36. The highest BCUT2D eigenvalue weighted by molar-refractivity contribution is 5.73. The molecule has 1 fully saturated rings. The molecule has 1 aliphatic heterocycles. The molecule has 0 aliphatic carbocycles. The van der Waals surface area contributed by atoms with Crippen molar-refractivity contribution in [3.63, 3.8) is 0 Å². The van der Waals surface area contributed by atoms with Crippen LogP contribution in [0.5, 0.6) is 0 Å². The van der Waals surface area contributed by atoms with E-state index in [9.17, 15) is 9.59 Å². The largest absolute Gasteiger partial charge is 0.481 e. The molecule has 1 amide bonds. The average Bonchev–Trinajstić information content (AvgIpc) is 2.25. The van der Waals surface area contributed by atoms with E-state index >= 15 is 0 Å². The highest BCUT2D eigenvalue weighted by Crippen LogP contribution is 2.21. The predicted molar refractivity (Wildman–Crippen MR) is 69.3 cm³/mol. The number of aliphatic carboxylic acids is 1. The number of carbonyl (C=O) groups is 2. The van der Waals surface area contributed by atoms with E-state index < -0.39 is 5.97 Å². The van der Waals surface area contributed by atoms with E-state index in [1.807, 2.05) is 0 Å². The lowest BCUT2D eigenvalue weighted by Gasteiger charge is -2.37. The molecule has 0 aromatic carbocycles. The first-order chi connectivity index (χ1) is 8.51. The number of piperidine rings is 1. The van der Waals surface area contributed by atoms with Crippen molar-refractivity contribution in [3.05, 3.63) is 0 Å². The summed E-state index contributed by atoms with van der Waals surface area (Å²) in [7, 11) is 0. The molecule has 5 heteroatoms. The topological polar surface area (TPSA) is 69.6 Å². The zero-order chi connectivity index (χ0) is 13.5. The van der Waals surface area contributed by atoms with Gasteiger partial charge in [0.15, 0.2) is 0 Å². The zero-order valence-electron chi connectivity index (χ0n) is 11.3. The first-order valence-corrected chi connectivity index (χ1v) is 6.72. The smallest absolute Gasteiger partial charge is 0.303 e. The molecule has 0 bridgehead atoms. The van der Waals surface area contributed by atoms with E-state index in [1.54, 1.807) is 0 Å². The molecule has 1 saturated heterocycles. The number of hydrogen-bond acceptors (Lipinski definition) is 3. The summed E-state index contributed by atoms with van der Waals surface area (Å²) in [5, 5.41) is 11.7. The maximum absolute atomic E-state index is 11.1. The van der Waals surface area contributed by atoms with Gasteiger partial charge in [-0.2, -0.15) is 0 Å². The molecule has 104 valence electrons. The van der Waals surface area contributed by atoms with Crippen LogP contribution in [0.4, 0.5) is 0 Å². The number of nitrogens with one attached hydrogen (secondary N) is 1.